The average molecular weight is 300 g/mol. The molecule has 1 aliphatic heterocycles. The molecule has 0 radical (unpaired) electrons. The van der Waals surface area contributed by atoms with E-state index in [4.69, 9.17) is 0 Å². The standard InChI is InChI=1S/C14H15F3N2O2/c1-8(2)10-4-3-9(7-11(10)14(15,16)17)19-6-5-12(20)18-13(19)21/h3-4,7-8H,5-6H2,1-2H3,(H,18,20,21). The largest absolute Gasteiger partial charge is 0.416 e. The number of alkyl halides is 3. The highest BCUT2D eigenvalue weighted by atomic mass is 19.4. The van der Waals surface area contributed by atoms with E-state index in [2.05, 4.69) is 5.32 Å². The first kappa shape index (κ1) is 15.3. The van der Waals surface area contributed by atoms with Crippen LogP contribution in [0.15, 0.2) is 18.2 Å². The summed E-state index contributed by atoms with van der Waals surface area (Å²) >= 11 is 0. The minimum Gasteiger partial charge on any atom is -0.294 e. The van der Waals surface area contributed by atoms with Crippen LogP contribution in [0.5, 0.6) is 0 Å². The summed E-state index contributed by atoms with van der Waals surface area (Å²) in [7, 11) is 0. The third kappa shape index (κ3) is 3.17. The summed E-state index contributed by atoms with van der Waals surface area (Å²) in [5.74, 6) is -0.710. The number of urea groups is 1. The third-order valence-electron chi connectivity index (χ3n) is 3.33. The van der Waals surface area contributed by atoms with Gasteiger partial charge in [-0.25, -0.2) is 4.79 Å². The fraction of sp³-hybridized carbons (Fsp3) is 0.429. The van der Waals surface area contributed by atoms with Gasteiger partial charge in [0.1, 0.15) is 0 Å². The fourth-order valence-corrected chi connectivity index (χ4v) is 2.27. The SMILES string of the molecule is CC(C)c1ccc(N2CCC(=O)NC2=O)cc1C(F)(F)F. The molecule has 1 aromatic carbocycles. The Bertz CT molecular complexity index is 582. The summed E-state index contributed by atoms with van der Waals surface area (Å²) in [6.07, 6.45) is -4.42. The van der Waals surface area contributed by atoms with Crippen LogP contribution in [-0.4, -0.2) is 18.5 Å². The lowest BCUT2D eigenvalue weighted by atomic mass is 9.96. The van der Waals surface area contributed by atoms with E-state index in [9.17, 15) is 22.8 Å². The molecule has 2 rings (SSSR count). The molecule has 0 atom stereocenters. The Kier molecular flexibility index (Phi) is 3.93. The zero-order valence-corrected chi connectivity index (χ0v) is 11.6. The molecule has 1 aliphatic rings. The van der Waals surface area contributed by atoms with E-state index in [0.717, 1.165) is 11.0 Å². The van der Waals surface area contributed by atoms with Crippen molar-refractivity contribution in [3.05, 3.63) is 29.3 Å². The number of nitrogens with zero attached hydrogens (tertiary/aromatic N) is 1. The Morgan fingerprint density at radius 2 is 1.90 bits per heavy atom. The normalized spacial score (nSPS) is 16.4. The molecule has 0 spiro atoms. The second kappa shape index (κ2) is 5.38. The smallest absolute Gasteiger partial charge is 0.294 e. The van der Waals surface area contributed by atoms with Gasteiger partial charge in [-0.15, -0.1) is 0 Å². The Hall–Kier alpha value is -2.05. The second-order valence-corrected chi connectivity index (χ2v) is 5.18. The summed E-state index contributed by atoms with van der Waals surface area (Å²) in [6.45, 7) is 3.43. The number of hydrogen-bond donors (Lipinski definition) is 1. The zero-order valence-electron chi connectivity index (χ0n) is 11.6. The van der Waals surface area contributed by atoms with E-state index in [0.29, 0.717) is 0 Å². The van der Waals surface area contributed by atoms with Crippen molar-refractivity contribution in [1.29, 1.82) is 0 Å². The molecule has 0 aliphatic carbocycles. The molecule has 3 amide bonds. The maximum atomic E-state index is 13.1. The molecule has 0 unspecified atom stereocenters. The topological polar surface area (TPSA) is 49.4 Å². The number of carbonyl (C=O) groups is 2. The highest BCUT2D eigenvalue weighted by Gasteiger charge is 2.35. The molecule has 0 aromatic heterocycles. The quantitative estimate of drug-likeness (QED) is 0.911. The number of amides is 3. The van der Waals surface area contributed by atoms with E-state index in [-0.39, 0.29) is 30.1 Å². The number of hydrogen-bond acceptors (Lipinski definition) is 2. The lowest BCUT2D eigenvalue weighted by Gasteiger charge is -2.28. The van der Waals surface area contributed by atoms with Crippen LogP contribution in [0.2, 0.25) is 0 Å². The van der Waals surface area contributed by atoms with Gasteiger partial charge in [-0.3, -0.25) is 15.0 Å². The average Bonchev–Trinajstić information content (AvgIpc) is 2.37. The van der Waals surface area contributed by atoms with Crippen molar-refractivity contribution in [1.82, 2.24) is 5.32 Å². The van der Waals surface area contributed by atoms with Gasteiger partial charge in [0.05, 0.1) is 5.56 Å². The summed E-state index contributed by atoms with van der Waals surface area (Å²) < 4.78 is 39.4. The lowest BCUT2D eigenvalue weighted by molar-refractivity contribution is -0.138. The Morgan fingerprint density at radius 1 is 1.24 bits per heavy atom. The van der Waals surface area contributed by atoms with Gasteiger partial charge in [-0.1, -0.05) is 19.9 Å². The van der Waals surface area contributed by atoms with E-state index >= 15 is 0 Å². The molecule has 114 valence electrons. The maximum absolute atomic E-state index is 13.1. The first-order valence-corrected chi connectivity index (χ1v) is 6.52. The molecule has 21 heavy (non-hydrogen) atoms. The molecule has 1 heterocycles. The number of halogens is 3. The minimum absolute atomic E-state index is 0.0685. The van der Waals surface area contributed by atoms with Gasteiger partial charge < -0.3 is 0 Å². The Balaban J connectivity index is 2.43. The van der Waals surface area contributed by atoms with Crippen LogP contribution in [0, 0.1) is 0 Å². The van der Waals surface area contributed by atoms with Gasteiger partial charge in [0.15, 0.2) is 0 Å². The van der Waals surface area contributed by atoms with Crippen molar-refractivity contribution in [2.75, 3.05) is 11.4 Å². The van der Waals surface area contributed by atoms with Gasteiger partial charge in [-0.05, 0) is 23.6 Å². The van der Waals surface area contributed by atoms with Crippen LogP contribution < -0.4 is 10.2 Å². The van der Waals surface area contributed by atoms with E-state index in [1.807, 2.05) is 0 Å². The second-order valence-electron chi connectivity index (χ2n) is 5.18. The van der Waals surface area contributed by atoms with Crippen LogP contribution in [0.25, 0.3) is 0 Å². The molecule has 0 bridgehead atoms. The first-order valence-electron chi connectivity index (χ1n) is 6.52. The highest BCUT2D eigenvalue weighted by molar-refractivity contribution is 6.05. The van der Waals surface area contributed by atoms with Gasteiger partial charge >= 0.3 is 12.2 Å². The van der Waals surface area contributed by atoms with Gasteiger partial charge in [-0.2, -0.15) is 13.2 Å². The van der Waals surface area contributed by atoms with Crippen molar-refractivity contribution in [2.24, 2.45) is 0 Å². The molecule has 1 aromatic rings. The van der Waals surface area contributed by atoms with Crippen LogP contribution in [0.1, 0.15) is 37.3 Å². The molecule has 1 saturated heterocycles. The molecule has 4 nitrogen and oxygen atoms in total. The van der Waals surface area contributed by atoms with Crippen molar-refractivity contribution in [2.45, 2.75) is 32.4 Å². The zero-order chi connectivity index (χ0) is 15.8. The van der Waals surface area contributed by atoms with Crippen molar-refractivity contribution >= 4 is 17.6 Å². The summed E-state index contributed by atoms with van der Waals surface area (Å²) in [4.78, 5) is 23.9. The van der Waals surface area contributed by atoms with E-state index in [1.165, 1.54) is 12.1 Å². The number of benzene rings is 1. The maximum Gasteiger partial charge on any atom is 0.416 e. The molecule has 1 N–H and O–H groups in total. The predicted molar refractivity (Wildman–Crippen MR) is 71.0 cm³/mol. The van der Waals surface area contributed by atoms with E-state index < -0.39 is 23.7 Å². The Labute approximate surface area is 119 Å². The van der Waals surface area contributed by atoms with Gasteiger partial charge in [0.2, 0.25) is 5.91 Å². The first-order chi connectivity index (χ1) is 9.70. The van der Waals surface area contributed by atoms with Crippen molar-refractivity contribution in [3.8, 4) is 0 Å². The minimum atomic E-state index is -4.49. The monoisotopic (exact) mass is 300 g/mol. The number of rotatable bonds is 2. The van der Waals surface area contributed by atoms with Gasteiger partial charge in [0.25, 0.3) is 0 Å². The third-order valence-corrected chi connectivity index (χ3v) is 3.33. The van der Waals surface area contributed by atoms with Gasteiger partial charge in [0, 0.05) is 18.7 Å². The Morgan fingerprint density at radius 3 is 2.43 bits per heavy atom. The molecule has 1 fully saturated rings. The molecule has 7 heteroatoms. The fourth-order valence-electron chi connectivity index (χ4n) is 2.27. The van der Waals surface area contributed by atoms with Crippen LogP contribution in [-0.2, 0) is 11.0 Å². The summed E-state index contributed by atoms with van der Waals surface area (Å²) in [5, 5.41) is 2.09. The molecular formula is C14H15F3N2O2. The number of nitrogens with one attached hydrogen (secondary N) is 1. The number of anilines is 1. The highest BCUT2D eigenvalue weighted by Crippen LogP contribution is 2.37. The van der Waals surface area contributed by atoms with Crippen LogP contribution in [0.3, 0.4) is 0 Å². The van der Waals surface area contributed by atoms with Crippen molar-refractivity contribution in [3.63, 3.8) is 0 Å². The van der Waals surface area contributed by atoms with E-state index in [1.54, 1.807) is 13.8 Å². The van der Waals surface area contributed by atoms with Crippen LogP contribution >= 0.6 is 0 Å². The van der Waals surface area contributed by atoms with Crippen LogP contribution in [0.4, 0.5) is 23.7 Å². The summed E-state index contributed by atoms with van der Waals surface area (Å²) in [5.41, 5.74) is -0.434. The van der Waals surface area contributed by atoms with Crippen molar-refractivity contribution < 1.29 is 22.8 Å². The lowest BCUT2D eigenvalue weighted by Crippen LogP contribution is -2.49. The number of imide groups is 1. The predicted octanol–water partition coefficient (Wildman–Crippen LogP) is 3.28. The number of carbonyl (C=O) groups excluding carboxylic acids is 2. The summed E-state index contributed by atoms with van der Waals surface area (Å²) in [6, 6.07) is 3.12. The molecule has 0 saturated carbocycles. The molecular weight excluding hydrogens is 285 g/mol.